The van der Waals surface area contributed by atoms with Gasteiger partial charge in [-0.3, -0.25) is 9.59 Å². The molecule has 0 saturated carbocycles. The summed E-state index contributed by atoms with van der Waals surface area (Å²) in [6, 6.07) is 13.2. The Labute approximate surface area is 151 Å². The first-order valence-electron chi connectivity index (χ1n) is 8.42. The monoisotopic (exact) mass is 351 g/mol. The number of hydrogen-bond acceptors (Lipinski definition) is 4. The molecule has 0 aliphatic carbocycles. The predicted octanol–water partition coefficient (Wildman–Crippen LogP) is 0.957. The van der Waals surface area contributed by atoms with Gasteiger partial charge < -0.3 is 19.7 Å². The van der Waals surface area contributed by atoms with Gasteiger partial charge in [-0.1, -0.05) is 29.8 Å². The van der Waals surface area contributed by atoms with Gasteiger partial charge in [0.2, 0.25) is 0 Å². The van der Waals surface area contributed by atoms with Crippen molar-refractivity contribution in [2.45, 2.75) is 6.92 Å². The van der Waals surface area contributed by atoms with Gasteiger partial charge in [-0.15, -0.1) is 0 Å². The highest BCUT2D eigenvalue weighted by molar-refractivity contribution is 5.96. The predicted molar refractivity (Wildman–Crippen MR) is 93.8 cm³/mol. The summed E-state index contributed by atoms with van der Waals surface area (Å²) in [6.07, 6.45) is 0. The van der Waals surface area contributed by atoms with E-state index in [1.54, 1.807) is 15.9 Å². The Hall–Kier alpha value is -3.15. The molecule has 1 heterocycles. The van der Waals surface area contributed by atoms with Crippen LogP contribution in [0.5, 0.6) is 0 Å². The largest absolute Gasteiger partial charge is 0.545 e. The maximum Gasteiger partial charge on any atom is 0.253 e. The third kappa shape index (κ3) is 3.74. The second-order valence-corrected chi connectivity index (χ2v) is 6.32. The summed E-state index contributed by atoms with van der Waals surface area (Å²) in [4.78, 5) is 39.3. The van der Waals surface area contributed by atoms with E-state index in [0.717, 1.165) is 5.56 Å². The molecule has 0 N–H and O–H groups in total. The van der Waals surface area contributed by atoms with E-state index in [9.17, 15) is 19.5 Å². The van der Waals surface area contributed by atoms with E-state index in [-0.39, 0.29) is 17.4 Å². The lowest BCUT2D eigenvalue weighted by Crippen LogP contribution is -2.50. The maximum absolute atomic E-state index is 12.6. The van der Waals surface area contributed by atoms with E-state index < -0.39 is 5.97 Å². The van der Waals surface area contributed by atoms with Crippen molar-refractivity contribution < 1.29 is 19.5 Å². The van der Waals surface area contributed by atoms with Crippen LogP contribution in [-0.2, 0) is 0 Å². The van der Waals surface area contributed by atoms with Crippen LogP contribution >= 0.6 is 0 Å². The van der Waals surface area contributed by atoms with Gasteiger partial charge in [0.25, 0.3) is 11.8 Å². The van der Waals surface area contributed by atoms with E-state index in [1.165, 1.54) is 24.3 Å². The molecule has 0 aromatic heterocycles. The fraction of sp³-hybridized carbons (Fsp3) is 0.250. The number of carboxylic acid groups (broad SMARTS) is 1. The van der Waals surface area contributed by atoms with E-state index in [4.69, 9.17) is 0 Å². The van der Waals surface area contributed by atoms with Crippen LogP contribution in [0.25, 0.3) is 0 Å². The van der Waals surface area contributed by atoms with Gasteiger partial charge in [0.15, 0.2) is 0 Å². The third-order valence-electron chi connectivity index (χ3n) is 4.49. The minimum absolute atomic E-state index is 0.0286. The van der Waals surface area contributed by atoms with Crippen molar-refractivity contribution in [2.75, 3.05) is 26.2 Å². The Morgan fingerprint density at radius 3 is 1.77 bits per heavy atom. The van der Waals surface area contributed by atoms with Gasteiger partial charge in [-0.25, -0.2) is 0 Å². The number of nitrogens with zero attached hydrogens (tertiary/aromatic N) is 2. The lowest BCUT2D eigenvalue weighted by atomic mass is 10.1. The van der Waals surface area contributed by atoms with Gasteiger partial charge >= 0.3 is 0 Å². The molecule has 2 amide bonds. The molecule has 134 valence electrons. The Kier molecular flexibility index (Phi) is 5.02. The zero-order valence-corrected chi connectivity index (χ0v) is 14.5. The van der Waals surface area contributed by atoms with Crippen LogP contribution in [0.3, 0.4) is 0 Å². The number of benzene rings is 2. The van der Waals surface area contributed by atoms with Gasteiger partial charge in [0, 0.05) is 37.3 Å². The highest BCUT2D eigenvalue weighted by atomic mass is 16.4. The minimum atomic E-state index is -1.27. The number of carbonyl (C=O) groups excluding carboxylic acids is 3. The first-order valence-corrected chi connectivity index (χ1v) is 8.42. The van der Waals surface area contributed by atoms with Crippen LogP contribution in [-0.4, -0.2) is 53.8 Å². The quantitative estimate of drug-likeness (QED) is 0.825. The van der Waals surface area contributed by atoms with Gasteiger partial charge in [0.1, 0.15) is 0 Å². The van der Waals surface area contributed by atoms with Crippen molar-refractivity contribution in [1.29, 1.82) is 0 Å². The number of amides is 2. The molecule has 6 nitrogen and oxygen atoms in total. The summed E-state index contributed by atoms with van der Waals surface area (Å²) in [7, 11) is 0. The second kappa shape index (κ2) is 7.39. The number of aromatic carboxylic acids is 1. The number of piperazine rings is 1. The van der Waals surface area contributed by atoms with E-state index in [2.05, 4.69) is 0 Å². The molecular weight excluding hydrogens is 332 g/mol. The summed E-state index contributed by atoms with van der Waals surface area (Å²) < 4.78 is 0. The maximum atomic E-state index is 12.6. The molecule has 6 heteroatoms. The Morgan fingerprint density at radius 1 is 0.769 bits per heavy atom. The molecule has 2 aromatic carbocycles. The van der Waals surface area contributed by atoms with Crippen LogP contribution in [0.15, 0.2) is 48.5 Å². The Bertz CT molecular complexity index is 837. The summed E-state index contributed by atoms with van der Waals surface area (Å²) in [5, 5.41) is 10.8. The number of carboxylic acids is 1. The van der Waals surface area contributed by atoms with Crippen LogP contribution in [0.4, 0.5) is 0 Å². The molecular formula is C20H19N2O4-. The molecule has 1 aliphatic rings. The van der Waals surface area contributed by atoms with Crippen LogP contribution in [0.1, 0.15) is 36.6 Å². The first kappa shape index (κ1) is 17.7. The number of rotatable bonds is 3. The molecule has 0 atom stereocenters. The zero-order chi connectivity index (χ0) is 18.7. The summed E-state index contributed by atoms with van der Waals surface area (Å²) in [5.74, 6) is -1.47. The van der Waals surface area contributed by atoms with E-state index >= 15 is 0 Å². The van der Waals surface area contributed by atoms with Crippen molar-refractivity contribution in [1.82, 2.24) is 9.80 Å². The summed E-state index contributed by atoms with van der Waals surface area (Å²) in [6.45, 7) is 3.77. The fourth-order valence-corrected chi connectivity index (χ4v) is 3.00. The van der Waals surface area contributed by atoms with Crippen molar-refractivity contribution >= 4 is 17.8 Å². The van der Waals surface area contributed by atoms with Crippen molar-refractivity contribution in [3.8, 4) is 0 Å². The van der Waals surface area contributed by atoms with Crippen LogP contribution in [0.2, 0.25) is 0 Å². The second-order valence-electron chi connectivity index (χ2n) is 6.32. The number of hydrogen-bond donors (Lipinski definition) is 0. The normalized spacial score (nSPS) is 14.2. The SMILES string of the molecule is Cc1cccc(C(=O)N2CCN(C(=O)c3ccc(C(=O)[O-])cc3)CC2)c1. The molecule has 1 saturated heterocycles. The van der Waals surface area contributed by atoms with Crippen LogP contribution < -0.4 is 5.11 Å². The third-order valence-corrected chi connectivity index (χ3v) is 4.49. The molecule has 1 aliphatic heterocycles. The van der Waals surface area contributed by atoms with Crippen molar-refractivity contribution in [2.24, 2.45) is 0 Å². The molecule has 0 radical (unpaired) electrons. The van der Waals surface area contributed by atoms with Gasteiger partial charge in [-0.2, -0.15) is 0 Å². The smallest absolute Gasteiger partial charge is 0.253 e. The molecule has 0 spiro atoms. The van der Waals surface area contributed by atoms with E-state index in [0.29, 0.717) is 37.3 Å². The molecule has 0 unspecified atom stereocenters. The van der Waals surface area contributed by atoms with E-state index in [1.807, 2.05) is 25.1 Å². The summed E-state index contributed by atoms with van der Waals surface area (Å²) >= 11 is 0. The lowest BCUT2D eigenvalue weighted by molar-refractivity contribution is -0.255. The topological polar surface area (TPSA) is 80.8 Å². The molecule has 2 aromatic rings. The first-order chi connectivity index (χ1) is 12.5. The average Bonchev–Trinajstić information content (AvgIpc) is 2.67. The van der Waals surface area contributed by atoms with Crippen molar-refractivity contribution in [3.05, 3.63) is 70.8 Å². The Morgan fingerprint density at radius 2 is 1.27 bits per heavy atom. The van der Waals surface area contributed by atoms with Gasteiger partial charge in [-0.05, 0) is 36.8 Å². The van der Waals surface area contributed by atoms with Gasteiger partial charge in [0.05, 0.1) is 5.97 Å². The van der Waals surface area contributed by atoms with Crippen LogP contribution in [0, 0.1) is 6.92 Å². The molecule has 26 heavy (non-hydrogen) atoms. The Balaban J connectivity index is 1.61. The standard InChI is InChI=1S/C20H20N2O4/c1-14-3-2-4-17(13-14)19(24)22-11-9-21(10-12-22)18(23)15-5-7-16(8-6-15)20(25)26/h2-8,13H,9-12H2,1H3,(H,25,26)/p-1. The molecule has 0 bridgehead atoms. The lowest BCUT2D eigenvalue weighted by Gasteiger charge is -2.35. The number of aryl methyl sites for hydroxylation is 1. The minimum Gasteiger partial charge on any atom is -0.545 e. The fourth-order valence-electron chi connectivity index (χ4n) is 3.00. The highest BCUT2D eigenvalue weighted by Crippen LogP contribution is 2.13. The van der Waals surface area contributed by atoms with Crippen molar-refractivity contribution in [3.63, 3.8) is 0 Å². The average molecular weight is 351 g/mol. The summed E-state index contributed by atoms with van der Waals surface area (Å²) in [5.41, 5.74) is 2.15. The molecule has 3 rings (SSSR count). The molecule has 1 fully saturated rings. The highest BCUT2D eigenvalue weighted by Gasteiger charge is 2.25. The number of carbonyl (C=O) groups is 3. The zero-order valence-electron chi connectivity index (χ0n) is 14.5.